The monoisotopic (exact) mass is 356 g/mol. The van der Waals surface area contributed by atoms with Crippen molar-refractivity contribution in [1.82, 2.24) is 28.9 Å². The largest absolute Gasteiger partial charge is 0.296 e. The average molecular weight is 356 g/mol. The van der Waals surface area contributed by atoms with Gasteiger partial charge in [0.25, 0.3) is 5.56 Å². The van der Waals surface area contributed by atoms with E-state index in [1.54, 1.807) is 28.7 Å². The molecule has 0 N–H and O–H groups in total. The third-order valence-electron chi connectivity index (χ3n) is 4.79. The summed E-state index contributed by atoms with van der Waals surface area (Å²) < 4.78 is 5.18. The first-order valence-corrected chi connectivity index (χ1v) is 8.54. The van der Waals surface area contributed by atoms with Crippen molar-refractivity contribution in [3.05, 3.63) is 71.5 Å². The normalized spacial score (nSPS) is 11.5. The van der Waals surface area contributed by atoms with Crippen LogP contribution in [0.3, 0.4) is 0 Å². The summed E-state index contributed by atoms with van der Waals surface area (Å²) in [5.41, 5.74) is 5.12. The lowest BCUT2D eigenvalue weighted by atomic mass is 10.1. The van der Waals surface area contributed by atoms with Gasteiger partial charge in [-0.1, -0.05) is 12.1 Å². The van der Waals surface area contributed by atoms with Gasteiger partial charge in [-0.3, -0.25) is 19.0 Å². The third-order valence-corrected chi connectivity index (χ3v) is 4.79. The summed E-state index contributed by atoms with van der Waals surface area (Å²) in [7, 11) is 3.63. The minimum atomic E-state index is -0.0483. The molecule has 0 aliphatic carbocycles. The maximum absolute atomic E-state index is 12.8. The molecular weight excluding hydrogens is 340 g/mol. The standard InChI is InChI=1S/C20H16N6O/c1-24-12-15(11-22-24)17-9-19-25(2)20(27)16-6-5-13(8-18(16)26(19)23-17)14-4-3-7-21-10-14/h3-12H,1-2H3. The highest BCUT2D eigenvalue weighted by atomic mass is 16.1. The van der Waals surface area contributed by atoms with Gasteiger partial charge in [0.05, 0.1) is 22.8 Å². The molecule has 4 heterocycles. The zero-order valence-corrected chi connectivity index (χ0v) is 14.9. The van der Waals surface area contributed by atoms with E-state index in [1.165, 1.54) is 0 Å². The Bertz CT molecular complexity index is 1360. The van der Waals surface area contributed by atoms with Gasteiger partial charge >= 0.3 is 0 Å². The number of aromatic nitrogens is 6. The smallest absolute Gasteiger partial charge is 0.261 e. The molecule has 0 radical (unpaired) electrons. The Morgan fingerprint density at radius 2 is 1.85 bits per heavy atom. The van der Waals surface area contributed by atoms with Crippen LogP contribution in [-0.4, -0.2) is 28.9 Å². The van der Waals surface area contributed by atoms with E-state index in [0.717, 1.165) is 33.5 Å². The minimum absolute atomic E-state index is 0.0483. The molecule has 0 unspecified atom stereocenters. The van der Waals surface area contributed by atoms with E-state index in [0.29, 0.717) is 5.39 Å². The number of aryl methyl sites for hydroxylation is 2. The van der Waals surface area contributed by atoms with E-state index in [9.17, 15) is 4.79 Å². The van der Waals surface area contributed by atoms with E-state index in [4.69, 9.17) is 5.10 Å². The second-order valence-electron chi connectivity index (χ2n) is 6.54. The first-order valence-electron chi connectivity index (χ1n) is 8.54. The Balaban J connectivity index is 1.83. The SMILES string of the molecule is Cn1cc(-c2cc3n(C)c(=O)c4ccc(-c5cccnc5)cc4n3n2)cn1. The van der Waals surface area contributed by atoms with Crippen LogP contribution in [0.5, 0.6) is 0 Å². The van der Waals surface area contributed by atoms with Crippen LogP contribution in [0.25, 0.3) is 38.9 Å². The predicted molar refractivity (Wildman–Crippen MR) is 103 cm³/mol. The highest BCUT2D eigenvalue weighted by Gasteiger charge is 2.14. The zero-order valence-electron chi connectivity index (χ0n) is 14.9. The van der Waals surface area contributed by atoms with Crippen molar-refractivity contribution >= 4 is 16.6 Å². The van der Waals surface area contributed by atoms with Gasteiger partial charge in [-0.05, 0) is 23.8 Å². The fourth-order valence-electron chi connectivity index (χ4n) is 3.37. The Kier molecular flexibility index (Phi) is 3.24. The van der Waals surface area contributed by atoms with Gasteiger partial charge < -0.3 is 0 Å². The van der Waals surface area contributed by atoms with Gasteiger partial charge in [0, 0.05) is 49.9 Å². The number of hydrogen-bond donors (Lipinski definition) is 0. The Morgan fingerprint density at radius 1 is 0.963 bits per heavy atom. The first-order chi connectivity index (χ1) is 13.1. The van der Waals surface area contributed by atoms with Crippen LogP contribution in [0.15, 0.2) is 66.0 Å². The Hall–Kier alpha value is -3.74. The van der Waals surface area contributed by atoms with Crippen molar-refractivity contribution in [2.24, 2.45) is 14.1 Å². The van der Waals surface area contributed by atoms with Gasteiger partial charge in [-0.2, -0.15) is 10.2 Å². The molecule has 1 aromatic carbocycles. The number of pyridine rings is 1. The van der Waals surface area contributed by atoms with Crippen molar-refractivity contribution in [2.75, 3.05) is 0 Å². The molecule has 0 amide bonds. The highest BCUT2D eigenvalue weighted by molar-refractivity contribution is 5.86. The number of rotatable bonds is 2. The zero-order chi connectivity index (χ0) is 18.5. The van der Waals surface area contributed by atoms with E-state index in [2.05, 4.69) is 10.1 Å². The van der Waals surface area contributed by atoms with E-state index < -0.39 is 0 Å². The van der Waals surface area contributed by atoms with Crippen LogP contribution in [0, 0.1) is 0 Å². The van der Waals surface area contributed by atoms with Crippen LogP contribution in [-0.2, 0) is 14.1 Å². The second kappa shape index (κ2) is 5.63. The molecule has 27 heavy (non-hydrogen) atoms. The van der Waals surface area contributed by atoms with E-state index >= 15 is 0 Å². The Labute approximate surface area is 154 Å². The molecule has 0 aliphatic heterocycles. The fraction of sp³-hybridized carbons (Fsp3) is 0.100. The van der Waals surface area contributed by atoms with E-state index in [1.807, 2.05) is 60.4 Å². The lowest BCUT2D eigenvalue weighted by Gasteiger charge is -2.08. The molecule has 0 fully saturated rings. The second-order valence-corrected chi connectivity index (χ2v) is 6.54. The van der Waals surface area contributed by atoms with Gasteiger partial charge in [0.2, 0.25) is 0 Å². The topological polar surface area (TPSA) is 70.0 Å². The summed E-state index contributed by atoms with van der Waals surface area (Å²) in [5.74, 6) is 0. The van der Waals surface area contributed by atoms with Crippen LogP contribution in [0.4, 0.5) is 0 Å². The molecule has 7 nitrogen and oxygen atoms in total. The molecule has 4 aromatic heterocycles. The number of fused-ring (bicyclic) bond motifs is 3. The molecule has 132 valence electrons. The highest BCUT2D eigenvalue weighted by Crippen LogP contribution is 2.25. The summed E-state index contributed by atoms with van der Waals surface area (Å²) in [6.45, 7) is 0. The molecule has 0 saturated heterocycles. The van der Waals surface area contributed by atoms with Crippen molar-refractivity contribution in [1.29, 1.82) is 0 Å². The molecule has 0 saturated carbocycles. The van der Waals surface area contributed by atoms with Crippen LogP contribution >= 0.6 is 0 Å². The molecular formula is C20H16N6O. The van der Waals surface area contributed by atoms with Crippen LogP contribution in [0.2, 0.25) is 0 Å². The summed E-state index contributed by atoms with van der Waals surface area (Å²) in [6, 6.07) is 11.6. The molecule has 0 spiro atoms. The maximum atomic E-state index is 12.8. The van der Waals surface area contributed by atoms with Crippen molar-refractivity contribution in [3.8, 4) is 22.4 Å². The van der Waals surface area contributed by atoms with Crippen molar-refractivity contribution < 1.29 is 0 Å². The van der Waals surface area contributed by atoms with Gasteiger partial charge in [-0.15, -0.1) is 0 Å². The predicted octanol–water partition coefficient (Wildman–Crippen LogP) is 2.65. The van der Waals surface area contributed by atoms with Crippen LogP contribution < -0.4 is 5.56 Å². The van der Waals surface area contributed by atoms with Crippen LogP contribution in [0.1, 0.15) is 0 Å². The van der Waals surface area contributed by atoms with Gasteiger partial charge in [-0.25, -0.2) is 4.52 Å². The average Bonchev–Trinajstić information content (AvgIpc) is 3.33. The minimum Gasteiger partial charge on any atom is -0.296 e. The van der Waals surface area contributed by atoms with E-state index in [-0.39, 0.29) is 5.56 Å². The molecule has 0 bridgehead atoms. The summed E-state index contributed by atoms with van der Waals surface area (Å²) in [6.07, 6.45) is 7.22. The molecule has 7 heteroatoms. The first kappa shape index (κ1) is 15.5. The number of benzene rings is 1. The summed E-state index contributed by atoms with van der Waals surface area (Å²) >= 11 is 0. The fourth-order valence-corrected chi connectivity index (χ4v) is 3.37. The third kappa shape index (κ3) is 2.36. The Morgan fingerprint density at radius 3 is 2.59 bits per heavy atom. The maximum Gasteiger partial charge on any atom is 0.261 e. The molecule has 0 atom stereocenters. The van der Waals surface area contributed by atoms with Crippen molar-refractivity contribution in [2.45, 2.75) is 0 Å². The van der Waals surface area contributed by atoms with Gasteiger partial charge in [0.1, 0.15) is 5.65 Å². The lowest BCUT2D eigenvalue weighted by molar-refractivity contribution is 0.768. The molecule has 5 aromatic rings. The molecule has 5 rings (SSSR count). The summed E-state index contributed by atoms with van der Waals surface area (Å²) in [4.78, 5) is 17.0. The quantitative estimate of drug-likeness (QED) is 0.488. The van der Waals surface area contributed by atoms with Gasteiger partial charge in [0.15, 0.2) is 0 Å². The summed E-state index contributed by atoms with van der Waals surface area (Å²) in [5, 5.41) is 9.58. The molecule has 0 aliphatic rings. The number of hydrogen-bond acceptors (Lipinski definition) is 4. The number of nitrogens with zero attached hydrogens (tertiary/aromatic N) is 6. The van der Waals surface area contributed by atoms with Crippen molar-refractivity contribution in [3.63, 3.8) is 0 Å². The lowest BCUT2D eigenvalue weighted by Crippen LogP contribution is -2.19.